The van der Waals surface area contributed by atoms with Gasteiger partial charge in [-0.2, -0.15) is 15.5 Å². The van der Waals surface area contributed by atoms with Crippen molar-refractivity contribution < 1.29 is 9.53 Å². The topological polar surface area (TPSA) is 91.1 Å². The number of nitrogens with zero attached hydrogens (tertiary/aromatic N) is 4. The number of nitrogens with one attached hydrogen (secondary N) is 1. The molecule has 1 amide bonds. The van der Waals surface area contributed by atoms with E-state index in [1.54, 1.807) is 31.6 Å². The summed E-state index contributed by atoms with van der Waals surface area (Å²) in [5, 5.41) is 20.5. The first kappa shape index (κ1) is 19.2. The number of carbonyl (C=O) groups is 1. The summed E-state index contributed by atoms with van der Waals surface area (Å²) in [5.74, 6) is 0.539. The minimum absolute atomic E-state index is 0.207. The first-order valence-corrected chi connectivity index (χ1v) is 9.37. The minimum Gasteiger partial charge on any atom is -0.497 e. The van der Waals surface area contributed by atoms with Crippen molar-refractivity contribution in [3.8, 4) is 11.8 Å². The summed E-state index contributed by atoms with van der Waals surface area (Å²) in [5.41, 5.74) is 3.06. The van der Waals surface area contributed by atoms with Crippen LogP contribution in [0.2, 0.25) is 0 Å². The van der Waals surface area contributed by atoms with Crippen molar-refractivity contribution in [3.05, 3.63) is 102 Å². The van der Waals surface area contributed by atoms with E-state index in [0.29, 0.717) is 11.3 Å². The number of hydrogen-bond acceptors (Lipinski definition) is 6. The van der Waals surface area contributed by atoms with Crippen LogP contribution in [0.4, 0.5) is 0 Å². The van der Waals surface area contributed by atoms with Crippen LogP contribution in [0, 0.1) is 11.3 Å². The Morgan fingerprint density at radius 1 is 1.13 bits per heavy atom. The van der Waals surface area contributed by atoms with E-state index < -0.39 is 6.17 Å². The third-order valence-electron chi connectivity index (χ3n) is 4.91. The van der Waals surface area contributed by atoms with E-state index in [1.165, 1.54) is 6.08 Å². The minimum atomic E-state index is -0.519. The number of carbonyl (C=O) groups excluding carboxylic acids is 1. The summed E-state index contributed by atoms with van der Waals surface area (Å²) < 4.78 is 5.30. The van der Waals surface area contributed by atoms with Crippen LogP contribution in [0.5, 0.6) is 5.75 Å². The highest BCUT2D eigenvalue weighted by molar-refractivity contribution is 5.88. The zero-order chi connectivity index (χ0) is 20.9. The number of rotatable bonds is 5. The Balaban J connectivity index is 1.85. The summed E-state index contributed by atoms with van der Waals surface area (Å²) in [7, 11) is 1.62. The molecule has 0 fully saturated rings. The average Bonchev–Trinajstić information content (AvgIpc) is 2.81. The van der Waals surface area contributed by atoms with Gasteiger partial charge in [0.15, 0.2) is 0 Å². The van der Waals surface area contributed by atoms with Gasteiger partial charge in [0, 0.05) is 18.5 Å². The van der Waals surface area contributed by atoms with Crippen LogP contribution >= 0.6 is 0 Å². The Morgan fingerprint density at radius 2 is 1.97 bits per heavy atom. The Hall–Kier alpha value is -4.18. The zero-order valence-corrected chi connectivity index (χ0v) is 16.3. The molecule has 2 unspecified atom stereocenters. The Kier molecular flexibility index (Phi) is 5.39. The summed E-state index contributed by atoms with van der Waals surface area (Å²) in [6.07, 6.45) is 4.31. The molecule has 148 valence electrons. The molecule has 0 saturated carbocycles. The number of nitriles is 1. The van der Waals surface area contributed by atoms with Crippen molar-refractivity contribution in [1.29, 1.82) is 5.26 Å². The van der Waals surface area contributed by atoms with Crippen molar-refractivity contribution in [2.45, 2.75) is 12.2 Å². The molecule has 1 aliphatic rings. The van der Waals surface area contributed by atoms with Gasteiger partial charge in [-0.25, -0.2) is 0 Å². The molecule has 0 radical (unpaired) electrons. The van der Waals surface area contributed by atoms with Gasteiger partial charge in [0.2, 0.25) is 5.91 Å². The second kappa shape index (κ2) is 8.45. The molecule has 7 heteroatoms. The van der Waals surface area contributed by atoms with Crippen LogP contribution in [0.15, 0.2) is 79.1 Å². The van der Waals surface area contributed by atoms with Gasteiger partial charge in [0.1, 0.15) is 17.6 Å². The van der Waals surface area contributed by atoms with Gasteiger partial charge in [0.25, 0.3) is 0 Å². The highest BCUT2D eigenvalue weighted by Crippen LogP contribution is 2.36. The quantitative estimate of drug-likeness (QED) is 0.711. The normalized spacial score (nSPS) is 16.5. The van der Waals surface area contributed by atoms with Crippen molar-refractivity contribution in [3.63, 3.8) is 0 Å². The SMILES string of the molecule is COc1ccc(C(c2cccc(C#N)c2)N2C=CC(=O)NC2c2cccnn2)cc1. The highest BCUT2D eigenvalue weighted by Gasteiger charge is 2.32. The Morgan fingerprint density at radius 3 is 2.67 bits per heavy atom. The van der Waals surface area contributed by atoms with Gasteiger partial charge in [-0.1, -0.05) is 24.3 Å². The van der Waals surface area contributed by atoms with E-state index in [2.05, 4.69) is 21.6 Å². The van der Waals surface area contributed by atoms with Crippen LogP contribution < -0.4 is 10.1 Å². The molecule has 0 spiro atoms. The molecule has 1 aliphatic heterocycles. The van der Waals surface area contributed by atoms with Crippen LogP contribution in [-0.2, 0) is 4.79 Å². The number of amides is 1. The van der Waals surface area contributed by atoms with Crippen molar-refractivity contribution in [1.82, 2.24) is 20.4 Å². The first-order valence-electron chi connectivity index (χ1n) is 9.37. The van der Waals surface area contributed by atoms with Crippen molar-refractivity contribution in [2.75, 3.05) is 7.11 Å². The summed E-state index contributed by atoms with van der Waals surface area (Å²) in [4.78, 5) is 14.1. The molecule has 0 bridgehead atoms. The molecule has 7 nitrogen and oxygen atoms in total. The van der Waals surface area contributed by atoms with E-state index in [9.17, 15) is 10.1 Å². The molecule has 0 saturated heterocycles. The van der Waals surface area contributed by atoms with Crippen LogP contribution in [-0.4, -0.2) is 28.1 Å². The molecule has 2 atom stereocenters. The van der Waals surface area contributed by atoms with Gasteiger partial charge in [-0.05, 0) is 47.5 Å². The third-order valence-corrected chi connectivity index (χ3v) is 4.91. The number of benzene rings is 2. The number of methoxy groups -OCH3 is 1. The van der Waals surface area contributed by atoms with Crippen LogP contribution in [0.25, 0.3) is 0 Å². The lowest BCUT2D eigenvalue weighted by Gasteiger charge is -2.39. The molecule has 3 aromatic rings. The fourth-order valence-corrected chi connectivity index (χ4v) is 3.52. The smallest absolute Gasteiger partial charge is 0.247 e. The Bertz CT molecular complexity index is 1110. The average molecular weight is 397 g/mol. The number of aromatic nitrogens is 2. The fraction of sp³-hybridized carbons (Fsp3) is 0.130. The monoisotopic (exact) mass is 397 g/mol. The molecular weight excluding hydrogens is 378 g/mol. The van der Waals surface area contributed by atoms with E-state index in [4.69, 9.17) is 4.74 Å². The maximum absolute atomic E-state index is 12.1. The van der Waals surface area contributed by atoms with Crippen molar-refractivity contribution >= 4 is 5.91 Å². The molecule has 4 rings (SSSR count). The van der Waals surface area contributed by atoms with Gasteiger partial charge in [-0.15, -0.1) is 0 Å². The van der Waals surface area contributed by atoms with E-state index in [-0.39, 0.29) is 11.9 Å². The lowest BCUT2D eigenvalue weighted by atomic mass is 9.94. The van der Waals surface area contributed by atoms with Gasteiger partial charge in [0.05, 0.1) is 24.8 Å². The van der Waals surface area contributed by atoms with E-state index in [0.717, 1.165) is 16.9 Å². The highest BCUT2D eigenvalue weighted by atomic mass is 16.5. The molecule has 30 heavy (non-hydrogen) atoms. The number of ether oxygens (including phenoxy) is 1. The predicted molar refractivity (Wildman–Crippen MR) is 110 cm³/mol. The first-order chi connectivity index (χ1) is 14.7. The second-order valence-corrected chi connectivity index (χ2v) is 6.74. The largest absolute Gasteiger partial charge is 0.497 e. The Labute approximate surface area is 174 Å². The maximum Gasteiger partial charge on any atom is 0.247 e. The van der Waals surface area contributed by atoms with Gasteiger partial charge < -0.3 is 15.0 Å². The molecular formula is C23H19N5O2. The maximum atomic E-state index is 12.1. The lowest BCUT2D eigenvalue weighted by molar-refractivity contribution is -0.119. The molecule has 1 N–H and O–H groups in total. The van der Waals surface area contributed by atoms with Crippen molar-refractivity contribution in [2.24, 2.45) is 0 Å². The fourth-order valence-electron chi connectivity index (χ4n) is 3.52. The van der Waals surface area contributed by atoms with Crippen LogP contribution in [0.1, 0.15) is 34.6 Å². The summed E-state index contributed by atoms with van der Waals surface area (Å²) in [6, 6.07) is 20.7. The predicted octanol–water partition coefficient (Wildman–Crippen LogP) is 3.09. The zero-order valence-electron chi connectivity index (χ0n) is 16.3. The molecule has 2 heterocycles. The second-order valence-electron chi connectivity index (χ2n) is 6.74. The third kappa shape index (κ3) is 3.84. The molecule has 0 aliphatic carbocycles. The van der Waals surface area contributed by atoms with E-state index >= 15 is 0 Å². The van der Waals surface area contributed by atoms with E-state index in [1.807, 2.05) is 53.4 Å². The summed E-state index contributed by atoms with van der Waals surface area (Å²) >= 11 is 0. The number of hydrogen-bond donors (Lipinski definition) is 1. The van der Waals surface area contributed by atoms with Gasteiger partial charge in [-0.3, -0.25) is 4.79 Å². The molecule has 1 aromatic heterocycles. The standard InChI is InChI=1S/C23H19N5O2/c1-30-19-9-7-17(8-10-19)22(18-5-2-4-16(14-18)15-24)28-13-11-21(29)26-23(28)20-6-3-12-25-27-20/h2-14,22-23H,1H3,(H,26,29). The van der Waals surface area contributed by atoms with Gasteiger partial charge >= 0.3 is 0 Å². The molecule has 2 aromatic carbocycles. The summed E-state index contributed by atoms with van der Waals surface area (Å²) in [6.45, 7) is 0. The van der Waals surface area contributed by atoms with Crippen LogP contribution in [0.3, 0.4) is 0 Å². The lowest BCUT2D eigenvalue weighted by Crippen LogP contribution is -2.44.